The van der Waals surface area contributed by atoms with Gasteiger partial charge in [0, 0.05) is 26.2 Å². The number of urea groups is 1. The van der Waals surface area contributed by atoms with E-state index >= 15 is 0 Å². The molecule has 98 valence electrons. The van der Waals surface area contributed by atoms with Crippen LogP contribution in [0.25, 0.3) is 0 Å². The lowest BCUT2D eigenvalue weighted by Gasteiger charge is -2.25. The molecule has 0 aromatic rings. The molecule has 1 saturated carbocycles. The maximum absolute atomic E-state index is 11.3. The molecule has 2 rings (SSSR count). The predicted molar refractivity (Wildman–Crippen MR) is 65.8 cm³/mol. The quantitative estimate of drug-likeness (QED) is 0.600. The van der Waals surface area contributed by atoms with Gasteiger partial charge in [0.25, 0.3) is 0 Å². The molecule has 2 aliphatic rings. The number of hydrogen-bond donors (Lipinski definition) is 3. The van der Waals surface area contributed by atoms with Crippen molar-refractivity contribution in [2.75, 3.05) is 32.7 Å². The third-order valence-corrected chi connectivity index (χ3v) is 3.75. The Morgan fingerprint density at radius 1 is 1.35 bits per heavy atom. The highest BCUT2D eigenvalue weighted by Crippen LogP contribution is 2.23. The van der Waals surface area contributed by atoms with Crippen LogP contribution >= 0.6 is 0 Å². The van der Waals surface area contributed by atoms with Gasteiger partial charge in [-0.3, -0.25) is 0 Å². The Morgan fingerprint density at radius 2 is 2.12 bits per heavy atom. The average molecular weight is 241 g/mol. The molecule has 17 heavy (non-hydrogen) atoms. The monoisotopic (exact) mass is 241 g/mol. The van der Waals surface area contributed by atoms with Crippen molar-refractivity contribution in [2.45, 2.75) is 31.8 Å². The highest BCUT2D eigenvalue weighted by Gasteiger charge is 2.20. The molecular weight excluding hydrogens is 218 g/mol. The standard InChI is InChI=1S/C12H23N3O2/c16-11-3-1-10(2-4-11)9-13-5-7-15-8-6-14-12(15)17/h10-11,13,16H,1-9H2,(H,14,17). The Morgan fingerprint density at radius 3 is 2.76 bits per heavy atom. The highest BCUT2D eigenvalue weighted by molar-refractivity contribution is 5.76. The van der Waals surface area contributed by atoms with Gasteiger partial charge in [0.15, 0.2) is 0 Å². The van der Waals surface area contributed by atoms with E-state index < -0.39 is 0 Å². The van der Waals surface area contributed by atoms with Crippen LogP contribution in [0.15, 0.2) is 0 Å². The largest absolute Gasteiger partial charge is 0.393 e. The zero-order valence-electron chi connectivity index (χ0n) is 10.3. The van der Waals surface area contributed by atoms with Crippen LogP contribution in [0.2, 0.25) is 0 Å². The number of amides is 2. The lowest BCUT2D eigenvalue weighted by Crippen LogP contribution is -2.36. The van der Waals surface area contributed by atoms with E-state index in [9.17, 15) is 9.90 Å². The summed E-state index contributed by atoms with van der Waals surface area (Å²) in [5, 5.41) is 15.6. The van der Waals surface area contributed by atoms with Gasteiger partial charge < -0.3 is 20.6 Å². The van der Waals surface area contributed by atoms with Crippen LogP contribution in [-0.4, -0.2) is 54.9 Å². The van der Waals surface area contributed by atoms with Crippen LogP contribution in [0.4, 0.5) is 4.79 Å². The molecule has 0 unspecified atom stereocenters. The summed E-state index contributed by atoms with van der Waals surface area (Å²) in [6, 6.07) is 0.0626. The first kappa shape index (κ1) is 12.6. The molecule has 5 nitrogen and oxygen atoms in total. The maximum atomic E-state index is 11.3. The van der Waals surface area contributed by atoms with Crippen molar-refractivity contribution in [2.24, 2.45) is 5.92 Å². The first-order valence-electron chi connectivity index (χ1n) is 6.67. The number of carbonyl (C=O) groups is 1. The molecule has 0 spiro atoms. The number of carbonyl (C=O) groups excluding carboxylic acids is 1. The van der Waals surface area contributed by atoms with Gasteiger partial charge in [-0.15, -0.1) is 0 Å². The number of aliphatic hydroxyl groups excluding tert-OH is 1. The molecule has 1 aliphatic carbocycles. The van der Waals surface area contributed by atoms with Gasteiger partial charge in [-0.25, -0.2) is 4.79 Å². The van der Waals surface area contributed by atoms with E-state index in [4.69, 9.17) is 0 Å². The van der Waals surface area contributed by atoms with Crippen molar-refractivity contribution in [1.29, 1.82) is 0 Å². The van der Waals surface area contributed by atoms with E-state index in [1.165, 1.54) is 0 Å². The summed E-state index contributed by atoms with van der Waals surface area (Å²) >= 11 is 0. The fourth-order valence-electron chi connectivity index (χ4n) is 2.59. The van der Waals surface area contributed by atoms with Gasteiger partial charge in [0.05, 0.1) is 6.10 Å². The molecular formula is C12H23N3O2. The Labute approximate surface area is 103 Å². The fourth-order valence-corrected chi connectivity index (χ4v) is 2.59. The van der Waals surface area contributed by atoms with Crippen LogP contribution < -0.4 is 10.6 Å². The minimum atomic E-state index is -0.0699. The van der Waals surface area contributed by atoms with Gasteiger partial charge in [-0.1, -0.05) is 0 Å². The molecule has 2 fully saturated rings. The number of aliphatic hydroxyl groups is 1. The minimum absolute atomic E-state index is 0.0626. The first-order chi connectivity index (χ1) is 8.25. The second kappa shape index (κ2) is 6.21. The van der Waals surface area contributed by atoms with E-state index in [0.717, 1.165) is 58.4 Å². The summed E-state index contributed by atoms with van der Waals surface area (Å²) in [6.07, 6.45) is 4.07. The summed E-state index contributed by atoms with van der Waals surface area (Å²) in [6.45, 7) is 4.28. The third-order valence-electron chi connectivity index (χ3n) is 3.75. The normalized spacial score (nSPS) is 29.5. The second-order valence-electron chi connectivity index (χ2n) is 5.10. The summed E-state index contributed by atoms with van der Waals surface area (Å²) in [5.41, 5.74) is 0. The molecule has 0 radical (unpaired) electrons. The van der Waals surface area contributed by atoms with Crippen molar-refractivity contribution in [3.05, 3.63) is 0 Å². The van der Waals surface area contributed by atoms with Crippen LogP contribution in [0.1, 0.15) is 25.7 Å². The van der Waals surface area contributed by atoms with E-state index in [0.29, 0.717) is 5.92 Å². The molecule has 0 bridgehead atoms. The Balaban J connectivity index is 1.52. The minimum Gasteiger partial charge on any atom is -0.393 e. The molecule has 0 atom stereocenters. The average Bonchev–Trinajstić information content (AvgIpc) is 2.73. The lowest BCUT2D eigenvalue weighted by molar-refractivity contribution is 0.108. The van der Waals surface area contributed by atoms with Crippen LogP contribution in [-0.2, 0) is 0 Å². The van der Waals surface area contributed by atoms with Gasteiger partial charge in [-0.2, -0.15) is 0 Å². The van der Waals surface area contributed by atoms with Crippen LogP contribution in [0.5, 0.6) is 0 Å². The summed E-state index contributed by atoms with van der Waals surface area (Å²) in [4.78, 5) is 13.1. The van der Waals surface area contributed by atoms with E-state index in [2.05, 4.69) is 10.6 Å². The number of nitrogens with zero attached hydrogens (tertiary/aromatic N) is 1. The first-order valence-corrected chi connectivity index (χ1v) is 6.67. The van der Waals surface area contributed by atoms with Crippen molar-refractivity contribution in [3.63, 3.8) is 0 Å². The molecule has 5 heteroatoms. The fraction of sp³-hybridized carbons (Fsp3) is 0.917. The van der Waals surface area contributed by atoms with Gasteiger partial charge in [-0.05, 0) is 38.1 Å². The van der Waals surface area contributed by atoms with Gasteiger partial charge in [0.2, 0.25) is 0 Å². The smallest absolute Gasteiger partial charge is 0.317 e. The Hall–Kier alpha value is -0.810. The predicted octanol–water partition coefficient (Wildman–Crippen LogP) is 0.152. The number of nitrogens with one attached hydrogen (secondary N) is 2. The maximum Gasteiger partial charge on any atom is 0.317 e. The lowest BCUT2D eigenvalue weighted by atomic mass is 9.87. The van der Waals surface area contributed by atoms with E-state index in [1.807, 2.05) is 4.90 Å². The topological polar surface area (TPSA) is 64.6 Å². The van der Waals surface area contributed by atoms with Crippen molar-refractivity contribution in [1.82, 2.24) is 15.5 Å². The number of hydrogen-bond acceptors (Lipinski definition) is 3. The zero-order valence-corrected chi connectivity index (χ0v) is 10.3. The van der Waals surface area contributed by atoms with E-state index in [-0.39, 0.29) is 12.1 Å². The highest BCUT2D eigenvalue weighted by atomic mass is 16.3. The Kier molecular flexibility index (Phi) is 4.62. The molecule has 0 aromatic carbocycles. The molecule has 3 N–H and O–H groups in total. The second-order valence-corrected chi connectivity index (χ2v) is 5.10. The van der Waals surface area contributed by atoms with E-state index in [1.54, 1.807) is 0 Å². The summed E-state index contributed by atoms with van der Waals surface area (Å²) < 4.78 is 0. The number of rotatable bonds is 5. The van der Waals surface area contributed by atoms with Crippen LogP contribution in [0, 0.1) is 5.92 Å². The van der Waals surface area contributed by atoms with Crippen molar-refractivity contribution >= 4 is 6.03 Å². The molecule has 1 saturated heterocycles. The van der Waals surface area contributed by atoms with Crippen LogP contribution in [0.3, 0.4) is 0 Å². The molecule has 2 amide bonds. The third kappa shape index (κ3) is 3.85. The molecule has 1 heterocycles. The molecule has 1 aliphatic heterocycles. The van der Waals surface area contributed by atoms with Crippen molar-refractivity contribution in [3.8, 4) is 0 Å². The van der Waals surface area contributed by atoms with Gasteiger partial charge >= 0.3 is 6.03 Å². The summed E-state index contributed by atoms with van der Waals surface area (Å²) in [7, 11) is 0. The van der Waals surface area contributed by atoms with Gasteiger partial charge in [0.1, 0.15) is 0 Å². The zero-order chi connectivity index (χ0) is 12.1. The van der Waals surface area contributed by atoms with Crippen molar-refractivity contribution < 1.29 is 9.90 Å². The Bertz CT molecular complexity index is 252. The SMILES string of the molecule is O=C1NCCN1CCNCC1CCC(O)CC1. The molecule has 0 aromatic heterocycles. The summed E-state index contributed by atoms with van der Waals surface area (Å²) in [5.74, 6) is 0.700.